The van der Waals surface area contributed by atoms with Crippen LogP contribution < -0.4 is 5.69 Å². The molecule has 0 saturated heterocycles. The van der Waals surface area contributed by atoms with Crippen molar-refractivity contribution in [3.63, 3.8) is 0 Å². The summed E-state index contributed by atoms with van der Waals surface area (Å²) in [4.78, 5) is 26.8. The van der Waals surface area contributed by atoms with Crippen molar-refractivity contribution in [3.05, 3.63) is 63.8 Å². The summed E-state index contributed by atoms with van der Waals surface area (Å²) >= 11 is 0. The van der Waals surface area contributed by atoms with Crippen LogP contribution >= 0.6 is 0 Å². The highest BCUT2D eigenvalue weighted by molar-refractivity contribution is 5.96. The van der Waals surface area contributed by atoms with Crippen molar-refractivity contribution >= 4 is 5.78 Å². The second kappa shape index (κ2) is 5.09. The van der Waals surface area contributed by atoms with Gasteiger partial charge in [-0.05, 0) is 24.6 Å². The second-order valence-electron chi connectivity index (χ2n) is 4.06. The number of nitrogens with zero attached hydrogens (tertiary/aromatic N) is 2. The van der Waals surface area contributed by atoms with Gasteiger partial charge in [0.15, 0.2) is 5.78 Å². The minimum absolute atomic E-state index is 0.453. The predicted molar refractivity (Wildman–Crippen MR) is 63.9 cm³/mol. The van der Waals surface area contributed by atoms with E-state index in [2.05, 4.69) is 4.98 Å². The van der Waals surface area contributed by atoms with E-state index in [1.807, 2.05) is 0 Å². The lowest BCUT2D eigenvalue weighted by Crippen LogP contribution is -2.26. The van der Waals surface area contributed by atoms with Crippen molar-refractivity contribution in [1.29, 1.82) is 0 Å². The fourth-order valence-corrected chi connectivity index (χ4v) is 1.68. The minimum Gasteiger partial charge on any atom is -0.292 e. The Morgan fingerprint density at radius 3 is 2.58 bits per heavy atom. The Labute approximate surface area is 107 Å². The number of carbonyl (C=O) groups is 1. The molecule has 1 aromatic carbocycles. The third-order valence-electron chi connectivity index (χ3n) is 2.54. The largest absolute Gasteiger partial charge is 0.347 e. The first kappa shape index (κ1) is 13.1. The molecule has 4 nitrogen and oxygen atoms in total. The molecule has 0 bridgehead atoms. The van der Waals surface area contributed by atoms with Crippen LogP contribution in [0.1, 0.15) is 15.9 Å². The fourth-order valence-electron chi connectivity index (χ4n) is 1.68. The van der Waals surface area contributed by atoms with E-state index in [0.717, 1.165) is 16.7 Å². The molecule has 98 valence electrons. The van der Waals surface area contributed by atoms with Gasteiger partial charge in [-0.3, -0.25) is 9.36 Å². The Kier molecular flexibility index (Phi) is 3.50. The lowest BCUT2D eigenvalue weighted by atomic mass is 10.1. The molecule has 0 saturated carbocycles. The molecule has 0 spiro atoms. The highest BCUT2D eigenvalue weighted by Gasteiger charge is 2.17. The monoisotopic (exact) mass is 264 g/mol. The Bertz CT molecular complexity index is 675. The number of carbonyl (C=O) groups excluding carboxylic acids is 1. The first-order valence-electron chi connectivity index (χ1n) is 5.49. The topological polar surface area (TPSA) is 52.0 Å². The number of rotatable bonds is 3. The SMILES string of the molecule is Cc1cnc(=O)n(CC(=O)c2c(F)cccc2F)c1. The molecule has 0 radical (unpaired) electrons. The van der Waals surface area contributed by atoms with Crippen molar-refractivity contribution in [3.8, 4) is 0 Å². The molecule has 19 heavy (non-hydrogen) atoms. The second-order valence-corrected chi connectivity index (χ2v) is 4.06. The fraction of sp³-hybridized carbons (Fsp3) is 0.154. The zero-order chi connectivity index (χ0) is 14.0. The number of aromatic nitrogens is 2. The molecule has 0 aliphatic rings. The lowest BCUT2D eigenvalue weighted by molar-refractivity contribution is 0.0962. The molecule has 0 unspecified atom stereocenters. The number of benzene rings is 1. The summed E-state index contributed by atoms with van der Waals surface area (Å²) in [5, 5.41) is 0. The molecule has 0 atom stereocenters. The van der Waals surface area contributed by atoms with Gasteiger partial charge in [0.2, 0.25) is 0 Å². The summed E-state index contributed by atoms with van der Waals surface area (Å²) in [7, 11) is 0. The van der Waals surface area contributed by atoms with Gasteiger partial charge < -0.3 is 0 Å². The van der Waals surface area contributed by atoms with E-state index in [-0.39, 0.29) is 0 Å². The van der Waals surface area contributed by atoms with Crippen LogP contribution in [0.2, 0.25) is 0 Å². The van der Waals surface area contributed by atoms with E-state index < -0.39 is 35.2 Å². The number of hydrogen-bond acceptors (Lipinski definition) is 3. The van der Waals surface area contributed by atoms with E-state index in [0.29, 0.717) is 5.56 Å². The van der Waals surface area contributed by atoms with Crippen LogP contribution in [0.4, 0.5) is 8.78 Å². The minimum atomic E-state index is -0.946. The Hall–Kier alpha value is -2.37. The molecule has 2 aromatic rings. The van der Waals surface area contributed by atoms with Crippen LogP contribution in [0.25, 0.3) is 0 Å². The predicted octanol–water partition coefficient (Wildman–Crippen LogP) is 1.71. The Morgan fingerprint density at radius 1 is 1.32 bits per heavy atom. The maximum atomic E-state index is 13.4. The molecule has 1 aromatic heterocycles. The van der Waals surface area contributed by atoms with Crippen LogP contribution in [0, 0.1) is 18.6 Å². The van der Waals surface area contributed by atoms with Crippen molar-refractivity contribution in [2.24, 2.45) is 0 Å². The van der Waals surface area contributed by atoms with Crippen molar-refractivity contribution in [1.82, 2.24) is 9.55 Å². The average molecular weight is 264 g/mol. The quantitative estimate of drug-likeness (QED) is 0.793. The summed E-state index contributed by atoms with van der Waals surface area (Å²) < 4.78 is 27.9. The summed E-state index contributed by atoms with van der Waals surface area (Å²) in [6, 6.07) is 3.16. The normalized spacial score (nSPS) is 10.5. The van der Waals surface area contributed by atoms with Gasteiger partial charge in [-0.2, -0.15) is 0 Å². The summed E-state index contributed by atoms with van der Waals surface area (Å²) in [5.74, 6) is -2.71. The molecule has 0 N–H and O–H groups in total. The number of aryl methyl sites for hydroxylation is 1. The van der Waals surface area contributed by atoms with Crippen LogP contribution in [0.5, 0.6) is 0 Å². The first-order valence-corrected chi connectivity index (χ1v) is 5.49. The summed E-state index contributed by atoms with van der Waals surface area (Å²) in [6.45, 7) is 1.24. The molecule has 2 rings (SSSR count). The van der Waals surface area contributed by atoms with Gasteiger partial charge in [-0.25, -0.2) is 18.6 Å². The van der Waals surface area contributed by atoms with Gasteiger partial charge in [0.05, 0.1) is 12.1 Å². The molecule has 1 heterocycles. The molecule has 0 fully saturated rings. The van der Waals surface area contributed by atoms with Gasteiger partial charge in [0.1, 0.15) is 11.6 Å². The van der Waals surface area contributed by atoms with E-state index in [4.69, 9.17) is 0 Å². The van der Waals surface area contributed by atoms with Crippen molar-refractivity contribution in [2.45, 2.75) is 13.5 Å². The highest BCUT2D eigenvalue weighted by atomic mass is 19.1. The third-order valence-corrected chi connectivity index (χ3v) is 2.54. The van der Waals surface area contributed by atoms with E-state index >= 15 is 0 Å². The van der Waals surface area contributed by atoms with Crippen LogP contribution in [0.3, 0.4) is 0 Å². The van der Waals surface area contributed by atoms with Crippen LogP contribution in [-0.4, -0.2) is 15.3 Å². The Balaban J connectivity index is 2.36. The third kappa shape index (κ3) is 2.73. The zero-order valence-electron chi connectivity index (χ0n) is 10.1. The number of halogens is 2. The van der Waals surface area contributed by atoms with Crippen molar-refractivity contribution in [2.75, 3.05) is 0 Å². The molecule has 0 aliphatic heterocycles. The smallest absolute Gasteiger partial charge is 0.292 e. The van der Waals surface area contributed by atoms with Gasteiger partial charge in [-0.15, -0.1) is 0 Å². The average Bonchev–Trinajstić information content (AvgIpc) is 2.33. The molecule has 0 aliphatic carbocycles. The number of hydrogen-bond donors (Lipinski definition) is 0. The van der Waals surface area contributed by atoms with Gasteiger partial charge in [0.25, 0.3) is 0 Å². The molecular formula is C13H10F2N2O2. The number of ketones is 1. The molecular weight excluding hydrogens is 254 g/mol. The van der Waals surface area contributed by atoms with Crippen molar-refractivity contribution < 1.29 is 13.6 Å². The van der Waals surface area contributed by atoms with E-state index in [9.17, 15) is 18.4 Å². The lowest BCUT2D eigenvalue weighted by Gasteiger charge is -2.06. The number of Topliss-reactive ketones (excluding diaryl/α,β-unsaturated/α-hetero) is 1. The van der Waals surface area contributed by atoms with E-state index in [1.165, 1.54) is 18.5 Å². The van der Waals surface area contributed by atoms with Gasteiger partial charge in [0, 0.05) is 12.4 Å². The summed E-state index contributed by atoms with van der Waals surface area (Å²) in [6.07, 6.45) is 2.76. The molecule has 0 amide bonds. The Morgan fingerprint density at radius 2 is 1.95 bits per heavy atom. The molecule has 6 heteroatoms. The van der Waals surface area contributed by atoms with Crippen LogP contribution in [0.15, 0.2) is 35.4 Å². The maximum absolute atomic E-state index is 13.4. The van der Waals surface area contributed by atoms with E-state index in [1.54, 1.807) is 6.92 Å². The van der Waals surface area contributed by atoms with Gasteiger partial charge >= 0.3 is 5.69 Å². The zero-order valence-corrected chi connectivity index (χ0v) is 10.1. The first-order chi connectivity index (χ1) is 8.99. The maximum Gasteiger partial charge on any atom is 0.347 e. The van der Waals surface area contributed by atoms with Crippen LogP contribution in [-0.2, 0) is 6.54 Å². The van der Waals surface area contributed by atoms with Gasteiger partial charge in [-0.1, -0.05) is 6.07 Å². The highest BCUT2D eigenvalue weighted by Crippen LogP contribution is 2.13. The standard InChI is InChI=1S/C13H10F2N2O2/c1-8-5-16-13(19)17(6-8)7-11(18)12-9(14)3-2-4-10(12)15/h2-6H,7H2,1H3. The summed E-state index contributed by atoms with van der Waals surface area (Å²) in [5.41, 5.74) is -0.618.